The molecule has 0 spiro atoms. The van der Waals surface area contributed by atoms with Crippen LogP contribution >= 0.6 is 15.9 Å². The molecule has 1 atom stereocenters. The smallest absolute Gasteiger partial charge is 0.106 e. The molecule has 0 aliphatic carbocycles. The van der Waals surface area contributed by atoms with Crippen molar-refractivity contribution in [1.82, 2.24) is 10.3 Å². The zero-order chi connectivity index (χ0) is 11.2. The van der Waals surface area contributed by atoms with Gasteiger partial charge in [0.05, 0.1) is 31.6 Å². The van der Waals surface area contributed by atoms with Crippen LogP contribution in [0.5, 0.6) is 0 Å². The maximum absolute atomic E-state index is 5.52. The fourth-order valence-electron chi connectivity index (χ4n) is 1.56. The highest BCUT2D eigenvalue weighted by Gasteiger charge is 2.13. The monoisotopic (exact) mass is 286 g/mol. The highest BCUT2D eigenvalue weighted by Crippen LogP contribution is 2.06. The predicted octanol–water partition coefficient (Wildman–Crippen LogP) is 1.35. The lowest BCUT2D eigenvalue weighted by atomic mass is 10.3. The topological polar surface area (TPSA) is 43.4 Å². The number of hydrogen-bond donors (Lipinski definition) is 1. The van der Waals surface area contributed by atoms with Crippen LogP contribution in [0.1, 0.15) is 5.69 Å². The summed E-state index contributed by atoms with van der Waals surface area (Å²) >= 11 is 3.35. The lowest BCUT2D eigenvalue weighted by Gasteiger charge is -2.23. The minimum atomic E-state index is 0.168. The zero-order valence-corrected chi connectivity index (χ0v) is 10.6. The van der Waals surface area contributed by atoms with Crippen LogP contribution in [0.4, 0.5) is 0 Å². The number of hydrogen-bond acceptors (Lipinski definition) is 4. The van der Waals surface area contributed by atoms with E-state index in [1.165, 1.54) is 0 Å². The molecular formula is C11H15BrN2O2. The molecule has 0 aromatic carbocycles. The van der Waals surface area contributed by atoms with Crippen molar-refractivity contribution in [3.8, 4) is 0 Å². The van der Waals surface area contributed by atoms with Gasteiger partial charge < -0.3 is 14.8 Å². The van der Waals surface area contributed by atoms with Gasteiger partial charge in [0.15, 0.2) is 0 Å². The molecule has 1 fully saturated rings. The summed E-state index contributed by atoms with van der Waals surface area (Å²) in [5, 5.41) is 3.31. The van der Waals surface area contributed by atoms with E-state index in [9.17, 15) is 0 Å². The van der Waals surface area contributed by atoms with Gasteiger partial charge in [0, 0.05) is 13.1 Å². The number of nitrogens with zero attached hydrogens (tertiary/aromatic N) is 1. The molecular weight excluding hydrogens is 272 g/mol. The van der Waals surface area contributed by atoms with Gasteiger partial charge in [-0.2, -0.15) is 0 Å². The van der Waals surface area contributed by atoms with Crippen LogP contribution in [0.2, 0.25) is 0 Å². The zero-order valence-electron chi connectivity index (χ0n) is 8.99. The maximum Gasteiger partial charge on any atom is 0.106 e. The van der Waals surface area contributed by atoms with Crippen LogP contribution in [0.15, 0.2) is 22.8 Å². The van der Waals surface area contributed by atoms with Crippen molar-refractivity contribution in [3.05, 3.63) is 28.5 Å². The molecule has 1 aromatic heterocycles. The molecule has 1 aromatic rings. The Bertz CT molecular complexity index is 330. The van der Waals surface area contributed by atoms with Crippen LogP contribution in [0.25, 0.3) is 0 Å². The van der Waals surface area contributed by atoms with Gasteiger partial charge in [-0.05, 0) is 28.1 Å². The van der Waals surface area contributed by atoms with E-state index in [2.05, 4.69) is 26.2 Å². The number of rotatable bonds is 4. The summed E-state index contributed by atoms with van der Waals surface area (Å²) in [4.78, 5) is 4.34. The lowest BCUT2D eigenvalue weighted by molar-refractivity contribution is -0.0864. The summed E-state index contributed by atoms with van der Waals surface area (Å²) in [5.74, 6) is 0. The first kappa shape index (κ1) is 12.0. The van der Waals surface area contributed by atoms with Crippen molar-refractivity contribution >= 4 is 15.9 Å². The van der Waals surface area contributed by atoms with Gasteiger partial charge in [-0.25, -0.2) is 4.98 Å². The number of halogens is 1. The molecule has 5 heteroatoms. The Kier molecular flexibility index (Phi) is 4.71. The molecule has 1 unspecified atom stereocenters. The molecule has 1 aliphatic heterocycles. The van der Waals surface area contributed by atoms with Gasteiger partial charge in [0.1, 0.15) is 4.60 Å². The van der Waals surface area contributed by atoms with Gasteiger partial charge >= 0.3 is 0 Å². The Hall–Kier alpha value is -0.490. The molecule has 16 heavy (non-hydrogen) atoms. The minimum Gasteiger partial charge on any atom is -0.376 e. The molecule has 88 valence electrons. The normalized spacial score (nSPS) is 20.9. The van der Waals surface area contributed by atoms with Crippen LogP contribution in [0, 0.1) is 0 Å². The maximum atomic E-state index is 5.52. The van der Waals surface area contributed by atoms with Crippen LogP contribution < -0.4 is 5.32 Å². The van der Waals surface area contributed by atoms with Crippen LogP contribution in [-0.2, 0) is 16.0 Å². The summed E-state index contributed by atoms with van der Waals surface area (Å²) in [6.07, 6.45) is 0.168. The van der Waals surface area contributed by atoms with Gasteiger partial charge in [-0.15, -0.1) is 0 Å². The predicted molar refractivity (Wildman–Crippen MR) is 64.2 cm³/mol. The lowest BCUT2D eigenvalue weighted by Crippen LogP contribution is -2.37. The molecule has 0 radical (unpaired) electrons. The van der Waals surface area contributed by atoms with Gasteiger partial charge in [-0.1, -0.05) is 6.07 Å². The van der Waals surface area contributed by atoms with Crippen molar-refractivity contribution in [2.45, 2.75) is 12.6 Å². The molecule has 2 heterocycles. The third-order valence-electron chi connectivity index (χ3n) is 2.34. The second kappa shape index (κ2) is 6.30. The molecule has 0 saturated carbocycles. The SMILES string of the molecule is Brc1cccc(CNCC2COCCO2)n1. The average Bonchev–Trinajstić information content (AvgIpc) is 2.30. The Morgan fingerprint density at radius 3 is 3.12 bits per heavy atom. The van der Waals surface area contributed by atoms with Gasteiger partial charge in [0.2, 0.25) is 0 Å². The van der Waals surface area contributed by atoms with Crippen molar-refractivity contribution in [1.29, 1.82) is 0 Å². The molecule has 0 amide bonds. The molecule has 1 N–H and O–H groups in total. The van der Waals surface area contributed by atoms with E-state index < -0.39 is 0 Å². The van der Waals surface area contributed by atoms with Crippen LogP contribution in [-0.4, -0.2) is 37.5 Å². The second-order valence-electron chi connectivity index (χ2n) is 3.65. The molecule has 4 nitrogen and oxygen atoms in total. The third kappa shape index (κ3) is 3.83. The minimum absolute atomic E-state index is 0.168. The Balaban J connectivity index is 1.71. The molecule has 2 rings (SSSR count). The second-order valence-corrected chi connectivity index (χ2v) is 4.46. The summed E-state index contributed by atoms with van der Waals surface area (Å²) < 4.78 is 11.7. The largest absolute Gasteiger partial charge is 0.376 e. The van der Waals surface area contributed by atoms with E-state index >= 15 is 0 Å². The van der Waals surface area contributed by atoms with Gasteiger partial charge in [0.25, 0.3) is 0 Å². The number of nitrogens with one attached hydrogen (secondary N) is 1. The Morgan fingerprint density at radius 2 is 2.38 bits per heavy atom. The summed E-state index contributed by atoms with van der Waals surface area (Å²) in [7, 11) is 0. The Labute approximate surface area is 103 Å². The fourth-order valence-corrected chi connectivity index (χ4v) is 1.94. The third-order valence-corrected chi connectivity index (χ3v) is 2.78. The van der Waals surface area contributed by atoms with Crippen molar-refractivity contribution < 1.29 is 9.47 Å². The van der Waals surface area contributed by atoms with Crippen molar-refractivity contribution in [2.24, 2.45) is 0 Å². The number of aromatic nitrogens is 1. The first-order valence-corrected chi connectivity index (χ1v) is 6.15. The Morgan fingerprint density at radius 1 is 1.44 bits per heavy atom. The van der Waals surface area contributed by atoms with E-state index in [0.717, 1.165) is 23.4 Å². The van der Waals surface area contributed by atoms with E-state index in [1.54, 1.807) is 0 Å². The summed E-state index contributed by atoms with van der Waals surface area (Å²) in [6, 6.07) is 5.89. The number of pyridine rings is 1. The van der Waals surface area contributed by atoms with Crippen molar-refractivity contribution in [2.75, 3.05) is 26.4 Å². The molecule has 0 bridgehead atoms. The summed E-state index contributed by atoms with van der Waals surface area (Å²) in [6.45, 7) is 3.64. The highest BCUT2D eigenvalue weighted by molar-refractivity contribution is 9.10. The van der Waals surface area contributed by atoms with E-state index in [4.69, 9.17) is 9.47 Å². The highest BCUT2D eigenvalue weighted by atomic mass is 79.9. The standard InChI is InChI=1S/C11H15BrN2O2/c12-11-3-1-2-9(14-11)6-13-7-10-8-15-4-5-16-10/h1-3,10,13H,4-8H2. The van der Waals surface area contributed by atoms with Crippen LogP contribution in [0.3, 0.4) is 0 Å². The molecule has 1 aliphatic rings. The van der Waals surface area contributed by atoms with Gasteiger partial charge in [-0.3, -0.25) is 0 Å². The first-order valence-electron chi connectivity index (χ1n) is 5.36. The van der Waals surface area contributed by atoms with E-state index in [1.807, 2.05) is 18.2 Å². The quantitative estimate of drug-likeness (QED) is 0.849. The first-order chi connectivity index (χ1) is 7.84. The summed E-state index contributed by atoms with van der Waals surface area (Å²) in [5.41, 5.74) is 1.02. The number of ether oxygens (including phenoxy) is 2. The van der Waals surface area contributed by atoms with E-state index in [0.29, 0.717) is 19.8 Å². The van der Waals surface area contributed by atoms with E-state index in [-0.39, 0.29) is 6.10 Å². The average molecular weight is 287 g/mol. The van der Waals surface area contributed by atoms with Crippen molar-refractivity contribution in [3.63, 3.8) is 0 Å². The fraction of sp³-hybridized carbons (Fsp3) is 0.545. The molecule has 1 saturated heterocycles.